The Labute approximate surface area is 125 Å². The monoisotopic (exact) mass is 292 g/mol. The Morgan fingerprint density at radius 3 is 2.60 bits per heavy atom. The Morgan fingerprint density at radius 2 is 1.90 bits per heavy atom. The average molecular weight is 292 g/mol. The van der Waals surface area contributed by atoms with Gasteiger partial charge in [0.1, 0.15) is 0 Å². The zero-order chi connectivity index (χ0) is 14.2. The summed E-state index contributed by atoms with van der Waals surface area (Å²) in [6.45, 7) is 0.355. The minimum atomic E-state index is 0.104. The van der Waals surface area contributed by atoms with Crippen molar-refractivity contribution in [1.82, 2.24) is 5.32 Å². The molecule has 1 saturated carbocycles. The van der Waals surface area contributed by atoms with Gasteiger partial charge >= 0.3 is 0 Å². The zero-order valence-electron chi connectivity index (χ0n) is 12.2. The van der Waals surface area contributed by atoms with Gasteiger partial charge < -0.3 is 10.6 Å². The lowest BCUT2D eigenvalue weighted by atomic mass is 10.1. The van der Waals surface area contributed by atoms with E-state index in [2.05, 4.69) is 16.7 Å². The van der Waals surface area contributed by atoms with Crippen molar-refractivity contribution >= 4 is 23.4 Å². The molecule has 0 aromatic heterocycles. The standard InChI is InChI=1S/C16H24N2OS/c1-20-15-11-7-6-10-14(15)17-12-16(19)18-13-8-4-2-3-5-9-13/h6-7,10-11,13,17H,2-5,8-9,12H2,1H3,(H,18,19). The van der Waals surface area contributed by atoms with E-state index in [1.54, 1.807) is 11.8 Å². The van der Waals surface area contributed by atoms with Gasteiger partial charge in [0.25, 0.3) is 0 Å². The molecule has 1 fully saturated rings. The van der Waals surface area contributed by atoms with Gasteiger partial charge in [0.2, 0.25) is 5.91 Å². The molecule has 2 rings (SSSR count). The van der Waals surface area contributed by atoms with Crippen molar-refractivity contribution in [2.75, 3.05) is 18.1 Å². The van der Waals surface area contributed by atoms with Crippen molar-refractivity contribution in [2.24, 2.45) is 0 Å². The van der Waals surface area contributed by atoms with E-state index in [0.29, 0.717) is 12.6 Å². The molecule has 0 unspecified atom stereocenters. The van der Waals surface area contributed by atoms with Crippen molar-refractivity contribution in [2.45, 2.75) is 49.5 Å². The number of hydrogen-bond donors (Lipinski definition) is 2. The average Bonchev–Trinajstić information content (AvgIpc) is 2.74. The molecule has 0 spiro atoms. The second-order valence-corrected chi connectivity index (χ2v) is 6.16. The van der Waals surface area contributed by atoms with Crippen LogP contribution in [0.4, 0.5) is 5.69 Å². The molecule has 2 N–H and O–H groups in total. The van der Waals surface area contributed by atoms with Crippen molar-refractivity contribution in [3.63, 3.8) is 0 Å². The number of para-hydroxylation sites is 1. The van der Waals surface area contributed by atoms with Gasteiger partial charge in [-0.1, -0.05) is 37.8 Å². The van der Waals surface area contributed by atoms with Crippen molar-refractivity contribution in [3.8, 4) is 0 Å². The van der Waals surface area contributed by atoms with Gasteiger partial charge in [-0.3, -0.25) is 4.79 Å². The van der Waals surface area contributed by atoms with Gasteiger partial charge in [0.15, 0.2) is 0 Å². The predicted octanol–water partition coefficient (Wildman–Crippen LogP) is 3.66. The van der Waals surface area contributed by atoms with Crippen LogP contribution in [0.1, 0.15) is 38.5 Å². The van der Waals surface area contributed by atoms with E-state index >= 15 is 0 Å². The summed E-state index contributed by atoms with van der Waals surface area (Å²) in [5.41, 5.74) is 1.04. The number of thioether (sulfide) groups is 1. The highest BCUT2D eigenvalue weighted by Crippen LogP contribution is 2.24. The Bertz CT molecular complexity index is 428. The van der Waals surface area contributed by atoms with E-state index in [0.717, 1.165) is 18.5 Å². The number of nitrogens with one attached hydrogen (secondary N) is 2. The number of hydrogen-bond acceptors (Lipinski definition) is 3. The van der Waals surface area contributed by atoms with Crippen LogP contribution in [0.5, 0.6) is 0 Å². The third kappa shape index (κ3) is 4.75. The summed E-state index contributed by atoms with van der Waals surface area (Å²) in [5, 5.41) is 6.39. The van der Waals surface area contributed by atoms with E-state index in [9.17, 15) is 4.79 Å². The lowest BCUT2D eigenvalue weighted by Gasteiger charge is -2.17. The van der Waals surface area contributed by atoms with E-state index in [4.69, 9.17) is 0 Å². The number of anilines is 1. The molecule has 0 saturated heterocycles. The molecule has 3 nitrogen and oxygen atoms in total. The van der Waals surface area contributed by atoms with Gasteiger partial charge in [-0.05, 0) is 31.2 Å². The SMILES string of the molecule is CSc1ccccc1NCC(=O)NC1CCCCCC1. The van der Waals surface area contributed by atoms with Crippen LogP contribution >= 0.6 is 11.8 Å². The Kier molecular flexibility index (Phi) is 6.25. The highest BCUT2D eigenvalue weighted by molar-refractivity contribution is 7.98. The summed E-state index contributed by atoms with van der Waals surface area (Å²) in [5.74, 6) is 0.104. The molecule has 0 radical (unpaired) electrons. The smallest absolute Gasteiger partial charge is 0.239 e. The largest absolute Gasteiger partial charge is 0.375 e. The van der Waals surface area contributed by atoms with Crippen molar-refractivity contribution in [3.05, 3.63) is 24.3 Å². The molecular weight excluding hydrogens is 268 g/mol. The number of rotatable bonds is 5. The first kappa shape index (κ1) is 15.2. The quantitative estimate of drug-likeness (QED) is 0.643. The fraction of sp³-hybridized carbons (Fsp3) is 0.562. The van der Waals surface area contributed by atoms with Crippen molar-refractivity contribution in [1.29, 1.82) is 0 Å². The van der Waals surface area contributed by atoms with Crippen LogP contribution in [-0.2, 0) is 4.79 Å². The van der Waals surface area contributed by atoms with Crippen LogP contribution in [-0.4, -0.2) is 24.7 Å². The fourth-order valence-corrected chi connectivity index (χ4v) is 3.24. The van der Waals surface area contributed by atoms with Crippen LogP contribution < -0.4 is 10.6 Å². The van der Waals surface area contributed by atoms with Crippen LogP contribution in [0.15, 0.2) is 29.2 Å². The number of benzene rings is 1. The van der Waals surface area contributed by atoms with Gasteiger partial charge in [-0.2, -0.15) is 0 Å². The van der Waals surface area contributed by atoms with Crippen LogP contribution in [0, 0.1) is 0 Å². The first-order valence-electron chi connectivity index (χ1n) is 7.46. The molecule has 1 aliphatic rings. The molecular formula is C16H24N2OS. The molecule has 4 heteroatoms. The number of amides is 1. The van der Waals surface area contributed by atoms with E-state index < -0.39 is 0 Å². The summed E-state index contributed by atoms with van der Waals surface area (Å²) in [7, 11) is 0. The lowest BCUT2D eigenvalue weighted by molar-refractivity contribution is -0.120. The van der Waals surface area contributed by atoms with Gasteiger partial charge in [-0.15, -0.1) is 11.8 Å². The first-order chi connectivity index (χ1) is 9.79. The normalized spacial score (nSPS) is 16.4. The number of carbonyl (C=O) groups excluding carboxylic acids is 1. The molecule has 20 heavy (non-hydrogen) atoms. The summed E-state index contributed by atoms with van der Waals surface area (Å²) in [4.78, 5) is 13.2. The summed E-state index contributed by atoms with van der Waals surface area (Å²) < 4.78 is 0. The highest BCUT2D eigenvalue weighted by Gasteiger charge is 2.14. The van der Waals surface area contributed by atoms with Crippen LogP contribution in [0.2, 0.25) is 0 Å². The van der Waals surface area contributed by atoms with E-state index in [1.165, 1.54) is 30.6 Å². The van der Waals surface area contributed by atoms with E-state index in [1.807, 2.05) is 24.5 Å². The lowest BCUT2D eigenvalue weighted by Crippen LogP contribution is -2.38. The Morgan fingerprint density at radius 1 is 1.20 bits per heavy atom. The molecule has 1 amide bonds. The second kappa shape index (κ2) is 8.20. The summed E-state index contributed by atoms with van der Waals surface area (Å²) >= 11 is 1.69. The van der Waals surface area contributed by atoms with Gasteiger partial charge in [0.05, 0.1) is 6.54 Å². The third-order valence-electron chi connectivity index (χ3n) is 3.77. The Hall–Kier alpha value is -1.16. The van der Waals surface area contributed by atoms with Gasteiger partial charge in [0, 0.05) is 16.6 Å². The summed E-state index contributed by atoms with van der Waals surface area (Å²) in [6.07, 6.45) is 9.42. The molecule has 1 aromatic carbocycles. The maximum atomic E-state index is 12.0. The molecule has 0 aliphatic heterocycles. The zero-order valence-corrected chi connectivity index (χ0v) is 13.0. The molecule has 1 aromatic rings. The third-order valence-corrected chi connectivity index (χ3v) is 4.56. The predicted molar refractivity (Wildman–Crippen MR) is 86.3 cm³/mol. The van der Waals surface area contributed by atoms with Crippen LogP contribution in [0.3, 0.4) is 0 Å². The first-order valence-corrected chi connectivity index (χ1v) is 8.68. The molecule has 110 valence electrons. The highest BCUT2D eigenvalue weighted by atomic mass is 32.2. The minimum absolute atomic E-state index is 0.104. The van der Waals surface area contributed by atoms with Crippen LogP contribution in [0.25, 0.3) is 0 Å². The fourth-order valence-electron chi connectivity index (χ4n) is 2.67. The second-order valence-electron chi connectivity index (χ2n) is 5.31. The topological polar surface area (TPSA) is 41.1 Å². The van der Waals surface area contributed by atoms with Gasteiger partial charge in [-0.25, -0.2) is 0 Å². The summed E-state index contributed by atoms with van der Waals surface area (Å²) in [6, 6.07) is 8.47. The van der Waals surface area contributed by atoms with E-state index in [-0.39, 0.29) is 5.91 Å². The molecule has 0 bridgehead atoms. The van der Waals surface area contributed by atoms with Crippen molar-refractivity contribution < 1.29 is 4.79 Å². The molecule has 1 aliphatic carbocycles. The maximum absolute atomic E-state index is 12.0. The molecule has 0 atom stereocenters. The Balaban J connectivity index is 1.79. The minimum Gasteiger partial charge on any atom is -0.375 e. The number of carbonyl (C=O) groups is 1. The molecule has 0 heterocycles. The maximum Gasteiger partial charge on any atom is 0.239 e.